The largest absolute Gasteiger partial charge is 0.478 e. The molecule has 1 N–H and O–H groups in total. The van der Waals surface area contributed by atoms with Crippen molar-refractivity contribution in [2.24, 2.45) is 0 Å². The standard InChI is InChI=1S/C7H7NO2S/c1-5-8-6(4-11-5)2-3-7(9)10/h2-4H,1H3,(H,9,10). The van der Waals surface area contributed by atoms with E-state index in [0.717, 1.165) is 11.1 Å². The van der Waals surface area contributed by atoms with Crippen LogP contribution in [-0.4, -0.2) is 16.1 Å². The van der Waals surface area contributed by atoms with Crippen LogP contribution >= 0.6 is 11.3 Å². The van der Waals surface area contributed by atoms with Crippen molar-refractivity contribution in [1.29, 1.82) is 0 Å². The van der Waals surface area contributed by atoms with Crippen LogP contribution in [-0.2, 0) is 4.79 Å². The van der Waals surface area contributed by atoms with Gasteiger partial charge in [-0.25, -0.2) is 9.78 Å². The van der Waals surface area contributed by atoms with E-state index in [0.29, 0.717) is 5.69 Å². The van der Waals surface area contributed by atoms with Crippen molar-refractivity contribution in [2.45, 2.75) is 6.92 Å². The number of rotatable bonds is 2. The average Bonchev–Trinajstić information content (AvgIpc) is 2.31. The smallest absolute Gasteiger partial charge is 0.328 e. The summed E-state index contributed by atoms with van der Waals surface area (Å²) in [6.45, 7) is 1.88. The Labute approximate surface area is 68.0 Å². The number of nitrogens with zero attached hydrogens (tertiary/aromatic N) is 1. The van der Waals surface area contributed by atoms with Crippen molar-refractivity contribution >= 4 is 23.4 Å². The zero-order valence-corrected chi connectivity index (χ0v) is 6.76. The molecule has 0 aliphatic rings. The van der Waals surface area contributed by atoms with Gasteiger partial charge in [0.15, 0.2) is 0 Å². The predicted octanol–water partition coefficient (Wildman–Crippen LogP) is 1.55. The number of carbonyl (C=O) groups is 1. The summed E-state index contributed by atoms with van der Waals surface area (Å²) in [5.74, 6) is -0.948. The lowest BCUT2D eigenvalue weighted by molar-refractivity contribution is -0.131. The Kier molecular flexibility index (Phi) is 2.38. The van der Waals surface area contributed by atoms with E-state index in [-0.39, 0.29) is 0 Å². The van der Waals surface area contributed by atoms with Crippen LogP contribution in [0, 0.1) is 6.92 Å². The molecular weight excluding hydrogens is 162 g/mol. The van der Waals surface area contributed by atoms with Crippen molar-refractivity contribution < 1.29 is 9.90 Å². The molecule has 0 saturated heterocycles. The summed E-state index contributed by atoms with van der Waals surface area (Å²) in [6, 6.07) is 0. The molecule has 1 aromatic heterocycles. The second-order valence-electron chi connectivity index (χ2n) is 1.96. The second kappa shape index (κ2) is 3.30. The van der Waals surface area contributed by atoms with E-state index in [1.165, 1.54) is 17.4 Å². The molecule has 1 heterocycles. The number of carboxylic acids is 1. The molecule has 1 rings (SSSR count). The van der Waals surface area contributed by atoms with Crippen LogP contribution in [0.3, 0.4) is 0 Å². The van der Waals surface area contributed by atoms with Crippen molar-refractivity contribution in [3.05, 3.63) is 22.2 Å². The van der Waals surface area contributed by atoms with E-state index in [9.17, 15) is 4.79 Å². The summed E-state index contributed by atoms with van der Waals surface area (Å²) in [4.78, 5) is 14.1. The molecule has 0 amide bonds. The van der Waals surface area contributed by atoms with E-state index in [2.05, 4.69) is 4.98 Å². The number of hydrogen-bond acceptors (Lipinski definition) is 3. The van der Waals surface area contributed by atoms with Gasteiger partial charge in [0, 0.05) is 11.5 Å². The second-order valence-corrected chi connectivity index (χ2v) is 3.03. The number of thiazole rings is 1. The SMILES string of the molecule is Cc1nc(C=CC(=O)O)cs1. The monoisotopic (exact) mass is 169 g/mol. The number of hydrogen-bond donors (Lipinski definition) is 1. The summed E-state index contributed by atoms with van der Waals surface area (Å²) in [5.41, 5.74) is 0.704. The van der Waals surface area contributed by atoms with E-state index >= 15 is 0 Å². The third kappa shape index (κ3) is 2.51. The lowest BCUT2D eigenvalue weighted by atomic mass is 10.4. The minimum Gasteiger partial charge on any atom is -0.478 e. The maximum Gasteiger partial charge on any atom is 0.328 e. The first-order valence-electron chi connectivity index (χ1n) is 3.01. The van der Waals surface area contributed by atoms with Gasteiger partial charge in [0.05, 0.1) is 10.7 Å². The molecule has 1 aromatic rings. The molecule has 58 valence electrons. The normalized spacial score (nSPS) is 10.6. The van der Waals surface area contributed by atoms with E-state index in [1.807, 2.05) is 12.3 Å². The van der Waals surface area contributed by atoms with E-state index < -0.39 is 5.97 Å². The molecule has 0 atom stereocenters. The summed E-state index contributed by atoms with van der Waals surface area (Å²) in [5, 5.41) is 11.0. The van der Waals surface area contributed by atoms with Crippen molar-refractivity contribution in [1.82, 2.24) is 4.98 Å². The maximum atomic E-state index is 10.1. The van der Waals surface area contributed by atoms with Gasteiger partial charge >= 0.3 is 5.97 Å². The lowest BCUT2D eigenvalue weighted by Gasteiger charge is -1.79. The number of carboxylic acid groups (broad SMARTS) is 1. The molecular formula is C7H7NO2S. The molecule has 0 saturated carbocycles. The minimum atomic E-state index is -0.948. The van der Waals surface area contributed by atoms with E-state index in [1.54, 1.807) is 0 Å². The first-order valence-corrected chi connectivity index (χ1v) is 3.89. The van der Waals surface area contributed by atoms with Crippen LogP contribution in [0.15, 0.2) is 11.5 Å². The summed E-state index contributed by atoms with van der Waals surface area (Å²) >= 11 is 1.50. The third-order valence-corrected chi connectivity index (χ3v) is 1.83. The molecule has 0 spiro atoms. The van der Waals surface area contributed by atoms with Crippen molar-refractivity contribution in [3.63, 3.8) is 0 Å². The zero-order valence-electron chi connectivity index (χ0n) is 5.94. The Morgan fingerprint density at radius 1 is 1.82 bits per heavy atom. The Bertz CT molecular complexity index is 290. The quantitative estimate of drug-likeness (QED) is 0.683. The molecule has 0 radical (unpaired) electrons. The minimum absolute atomic E-state index is 0.704. The molecule has 0 fully saturated rings. The molecule has 0 aliphatic heterocycles. The van der Waals surface area contributed by atoms with Crippen LogP contribution in [0.4, 0.5) is 0 Å². The first kappa shape index (κ1) is 7.94. The van der Waals surface area contributed by atoms with Gasteiger partial charge in [0.1, 0.15) is 0 Å². The highest BCUT2D eigenvalue weighted by Crippen LogP contribution is 2.08. The van der Waals surface area contributed by atoms with Gasteiger partial charge in [0.2, 0.25) is 0 Å². The highest BCUT2D eigenvalue weighted by atomic mass is 32.1. The molecule has 4 heteroatoms. The Hall–Kier alpha value is -1.16. The molecule has 0 aliphatic carbocycles. The summed E-state index contributed by atoms with van der Waals surface area (Å²) in [7, 11) is 0. The average molecular weight is 169 g/mol. The molecule has 3 nitrogen and oxygen atoms in total. The summed E-state index contributed by atoms with van der Waals surface area (Å²) in [6.07, 6.45) is 2.56. The van der Waals surface area contributed by atoms with Gasteiger partial charge in [-0.3, -0.25) is 0 Å². The van der Waals surface area contributed by atoms with Gasteiger partial charge in [-0.1, -0.05) is 0 Å². The van der Waals surface area contributed by atoms with Gasteiger partial charge in [0.25, 0.3) is 0 Å². The van der Waals surface area contributed by atoms with Crippen molar-refractivity contribution in [2.75, 3.05) is 0 Å². The molecule has 0 unspecified atom stereocenters. The molecule has 11 heavy (non-hydrogen) atoms. The van der Waals surface area contributed by atoms with Crippen LogP contribution in [0.5, 0.6) is 0 Å². The Balaban J connectivity index is 2.71. The van der Waals surface area contributed by atoms with Crippen LogP contribution in [0.1, 0.15) is 10.7 Å². The summed E-state index contributed by atoms with van der Waals surface area (Å²) < 4.78 is 0. The van der Waals surface area contributed by atoms with Gasteiger partial charge in [-0.2, -0.15) is 0 Å². The zero-order chi connectivity index (χ0) is 8.27. The highest BCUT2D eigenvalue weighted by Gasteiger charge is 1.93. The van der Waals surface area contributed by atoms with Crippen LogP contribution in [0.2, 0.25) is 0 Å². The fourth-order valence-electron chi connectivity index (χ4n) is 0.613. The number of aliphatic carboxylic acids is 1. The fourth-order valence-corrected chi connectivity index (χ4v) is 1.19. The van der Waals surface area contributed by atoms with Gasteiger partial charge < -0.3 is 5.11 Å². The Morgan fingerprint density at radius 3 is 3.00 bits per heavy atom. The Morgan fingerprint density at radius 2 is 2.55 bits per heavy atom. The number of aryl methyl sites for hydroxylation is 1. The molecule has 0 aromatic carbocycles. The van der Waals surface area contributed by atoms with E-state index in [4.69, 9.17) is 5.11 Å². The maximum absolute atomic E-state index is 10.1. The topological polar surface area (TPSA) is 50.2 Å². The molecule has 0 bridgehead atoms. The highest BCUT2D eigenvalue weighted by molar-refractivity contribution is 7.09. The number of aromatic nitrogens is 1. The van der Waals surface area contributed by atoms with Crippen molar-refractivity contribution in [3.8, 4) is 0 Å². The fraction of sp³-hybridized carbons (Fsp3) is 0.143. The predicted molar refractivity (Wildman–Crippen MR) is 43.5 cm³/mol. The first-order chi connectivity index (χ1) is 5.18. The lowest BCUT2D eigenvalue weighted by Crippen LogP contribution is -1.85. The van der Waals surface area contributed by atoms with Crippen LogP contribution < -0.4 is 0 Å². The van der Waals surface area contributed by atoms with Gasteiger partial charge in [-0.15, -0.1) is 11.3 Å². The van der Waals surface area contributed by atoms with Crippen LogP contribution in [0.25, 0.3) is 6.08 Å². The van der Waals surface area contributed by atoms with Gasteiger partial charge in [-0.05, 0) is 13.0 Å². The third-order valence-electron chi connectivity index (χ3n) is 1.03.